The molecule has 3 aliphatic heterocycles. The molecule has 7 rings (SSSR count). The van der Waals surface area contributed by atoms with Crippen LogP contribution < -0.4 is 5.32 Å². The molecule has 2 aromatic heterocycles. The zero-order chi connectivity index (χ0) is 32.5. The number of nitrogens with one attached hydrogen (secondary N) is 2. The van der Waals surface area contributed by atoms with E-state index >= 15 is 0 Å². The van der Waals surface area contributed by atoms with Crippen LogP contribution in [0.1, 0.15) is 80.1 Å². The molecule has 1 aliphatic carbocycles. The summed E-state index contributed by atoms with van der Waals surface area (Å²) in [6.07, 6.45) is 10.9. The maximum absolute atomic E-state index is 14.7. The fourth-order valence-corrected chi connectivity index (χ4v) is 8.64. The van der Waals surface area contributed by atoms with Crippen molar-refractivity contribution >= 4 is 34.5 Å². The Bertz CT molecular complexity index is 1680. The number of furan rings is 1. The topological polar surface area (TPSA) is 119 Å². The Kier molecular flexibility index (Phi) is 8.68. The number of nitrogens with zero attached hydrogens (tertiary/aromatic N) is 3. The van der Waals surface area contributed by atoms with Crippen LogP contribution in [0.25, 0.3) is 10.9 Å². The lowest BCUT2D eigenvalue weighted by molar-refractivity contribution is -0.167. The van der Waals surface area contributed by atoms with Gasteiger partial charge in [0.1, 0.15) is 0 Å². The average molecular weight is 640 g/mol. The zero-order valence-corrected chi connectivity index (χ0v) is 27.3. The Morgan fingerprint density at radius 2 is 1.81 bits per heavy atom. The summed E-state index contributed by atoms with van der Waals surface area (Å²) in [6.45, 7) is 4.73. The maximum atomic E-state index is 14.7. The van der Waals surface area contributed by atoms with Crippen LogP contribution in [0, 0.1) is 11.8 Å². The van der Waals surface area contributed by atoms with Crippen molar-refractivity contribution in [3.63, 3.8) is 0 Å². The smallest absolute Gasteiger partial charge is 0.289 e. The molecule has 5 heterocycles. The lowest BCUT2D eigenvalue weighted by atomic mass is 9.65. The van der Waals surface area contributed by atoms with Crippen LogP contribution in [-0.4, -0.2) is 82.6 Å². The number of hydrogen-bond acceptors (Lipinski definition) is 5. The summed E-state index contributed by atoms with van der Waals surface area (Å²) < 4.78 is 5.32. The Balaban J connectivity index is 1.14. The molecule has 3 atom stereocenters. The summed E-state index contributed by atoms with van der Waals surface area (Å²) >= 11 is 0. The Morgan fingerprint density at radius 1 is 1.00 bits per heavy atom. The molecular weight excluding hydrogens is 594 g/mol. The fraction of sp³-hybridized carbons (Fsp3) is 0.514. The monoisotopic (exact) mass is 639 g/mol. The first-order chi connectivity index (χ1) is 22.9. The van der Waals surface area contributed by atoms with Crippen LogP contribution in [-0.2, 0) is 26.3 Å². The molecule has 47 heavy (non-hydrogen) atoms. The van der Waals surface area contributed by atoms with Crippen LogP contribution in [0.2, 0.25) is 0 Å². The highest BCUT2D eigenvalue weighted by molar-refractivity contribution is 5.94. The van der Waals surface area contributed by atoms with Crippen molar-refractivity contribution in [2.24, 2.45) is 11.8 Å². The molecule has 10 nitrogen and oxygen atoms in total. The number of benzene rings is 1. The molecule has 10 heteroatoms. The van der Waals surface area contributed by atoms with Gasteiger partial charge in [0.05, 0.1) is 17.7 Å². The molecule has 4 amide bonds. The summed E-state index contributed by atoms with van der Waals surface area (Å²) in [5.74, 6) is -1.19. The van der Waals surface area contributed by atoms with Crippen LogP contribution in [0.5, 0.6) is 0 Å². The standard InChI is InChI=1S/C37H45N5O5/c1-2-37-29(35(45)40-18-20-41(21-19-40)36(46)31-13-8-22-47-31)23-26(24-32(43)38-16-14-25-9-4-3-5-10-25)34(44)42(37)17-15-28-27-11-6-7-12-30(27)39-33(28)37/h6-9,11-13,22,26,29,39H,2-5,10,14-21,23-24H2,1H3,(H,38,43)/t26?,29-,37+/m1/s1. The zero-order valence-electron chi connectivity index (χ0n) is 27.3. The van der Waals surface area contributed by atoms with Gasteiger partial charge in [0.15, 0.2) is 5.76 Å². The van der Waals surface area contributed by atoms with Crippen molar-refractivity contribution in [2.75, 3.05) is 39.3 Å². The fourth-order valence-electron chi connectivity index (χ4n) is 8.64. The Morgan fingerprint density at radius 3 is 2.55 bits per heavy atom. The molecule has 4 aliphatic rings. The summed E-state index contributed by atoms with van der Waals surface area (Å²) in [5, 5.41) is 4.20. The van der Waals surface area contributed by atoms with Crippen molar-refractivity contribution in [3.05, 3.63) is 71.3 Å². The van der Waals surface area contributed by atoms with Crippen LogP contribution in [0.4, 0.5) is 0 Å². The normalized spacial score (nSPS) is 24.5. The van der Waals surface area contributed by atoms with E-state index in [4.69, 9.17) is 4.42 Å². The number of carbonyl (C=O) groups excluding carboxylic acids is 4. The van der Waals surface area contributed by atoms with Crippen LogP contribution >= 0.6 is 0 Å². The molecular formula is C37H45N5O5. The van der Waals surface area contributed by atoms with Gasteiger partial charge in [-0.25, -0.2) is 0 Å². The number of piperidine rings is 1. The SMILES string of the molecule is CC[C@]12c3[nH]c4ccccc4c3CCN1C(=O)C(CC(=O)NCCC1=CCCCC1)C[C@@H]2C(=O)N1CCN(C(=O)c2ccco2)CC1. The average Bonchev–Trinajstić information content (AvgIpc) is 3.78. The number of aromatic nitrogens is 1. The molecule has 248 valence electrons. The first-order valence-corrected chi connectivity index (χ1v) is 17.4. The van der Waals surface area contributed by atoms with E-state index in [9.17, 15) is 19.2 Å². The molecule has 0 bridgehead atoms. The molecule has 2 fully saturated rings. The van der Waals surface area contributed by atoms with Crippen molar-refractivity contribution in [1.82, 2.24) is 25.0 Å². The highest BCUT2D eigenvalue weighted by Crippen LogP contribution is 2.52. The van der Waals surface area contributed by atoms with Gasteiger partial charge in [-0.2, -0.15) is 0 Å². The van der Waals surface area contributed by atoms with Gasteiger partial charge >= 0.3 is 0 Å². The second-order valence-corrected chi connectivity index (χ2v) is 13.5. The molecule has 2 saturated heterocycles. The van der Waals surface area contributed by atoms with E-state index in [1.807, 2.05) is 21.9 Å². The number of rotatable bonds is 8. The van der Waals surface area contributed by atoms with Crippen molar-refractivity contribution in [3.8, 4) is 0 Å². The number of piperazine rings is 1. The highest BCUT2D eigenvalue weighted by atomic mass is 16.3. The molecule has 0 radical (unpaired) electrons. The van der Waals surface area contributed by atoms with Crippen molar-refractivity contribution < 1.29 is 23.6 Å². The number of allylic oxidation sites excluding steroid dienone is 1. The van der Waals surface area contributed by atoms with E-state index < -0.39 is 17.4 Å². The third kappa shape index (κ3) is 5.65. The van der Waals surface area contributed by atoms with Gasteiger partial charge in [-0.3, -0.25) is 19.2 Å². The summed E-state index contributed by atoms with van der Waals surface area (Å²) in [6, 6.07) is 11.5. The van der Waals surface area contributed by atoms with Gasteiger partial charge in [-0.15, -0.1) is 0 Å². The van der Waals surface area contributed by atoms with Gasteiger partial charge in [-0.05, 0) is 75.1 Å². The maximum Gasteiger partial charge on any atom is 0.289 e. The first kappa shape index (κ1) is 31.3. The van der Waals surface area contributed by atoms with E-state index in [-0.39, 0.29) is 30.0 Å². The number of para-hydroxylation sites is 1. The largest absolute Gasteiger partial charge is 0.459 e. The third-order valence-corrected chi connectivity index (χ3v) is 11.1. The third-order valence-electron chi connectivity index (χ3n) is 11.1. The van der Waals surface area contributed by atoms with Crippen LogP contribution in [0.15, 0.2) is 58.7 Å². The van der Waals surface area contributed by atoms with Gasteiger partial charge < -0.3 is 29.4 Å². The lowest BCUT2D eigenvalue weighted by Crippen LogP contribution is -2.66. The quantitative estimate of drug-likeness (QED) is 0.345. The second kappa shape index (κ2) is 13.0. The van der Waals surface area contributed by atoms with Gasteiger partial charge in [0.25, 0.3) is 5.91 Å². The predicted molar refractivity (Wildman–Crippen MR) is 177 cm³/mol. The Hall–Kier alpha value is -4.34. The minimum absolute atomic E-state index is 0.0180. The number of hydrogen-bond donors (Lipinski definition) is 2. The van der Waals surface area contributed by atoms with Crippen molar-refractivity contribution in [1.29, 1.82) is 0 Å². The van der Waals surface area contributed by atoms with Gasteiger partial charge in [-0.1, -0.05) is 36.8 Å². The van der Waals surface area contributed by atoms with E-state index in [1.54, 1.807) is 17.0 Å². The minimum atomic E-state index is -0.845. The van der Waals surface area contributed by atoms with E-state index in [2.05, 4.69) is 35.4 Å². The molecule has 0 spiro atoms. The number of aromatic amines is 1. The molecule has 1 aromatic carbocycles. The van der Waals surface area contributed by atoms with Crippen LogP contribution in [0.3, 0.4) is 0 Å². The summed E-state index contributed by atoms with van der Waals surface area (Å²) in [4.78, 5) is 64.4. The number of fused-ring (bicyclic) bond motifs is 5. The van der Waals surface area contributed by atoms with Gasteiger partial charge in [0, 0.05) is 68.2 Å². The second-order valence-electron chi connectivity index (χ2n) is 13.5. The van der Waals surface area contributed by atoms with E-state index in [0.29, 0.717) is 64.3 Å². The number of carbonyl (C=O) groups is 4. The molecule has 3 aromatic rings. The summed E-state index contributed by atoms with van der Waals surface area (Å²) in [7, 11) is 0. The first-order valence-electron chi connectivity index (χ1n) is 17.4. The molecule has 0 saturated carbocycles. The number of amides is 4. The van der Waals surface area contributed by atoms with Crippen molar-refractivity contribution in [2.45, 2.75) is 70.3 Å². The highest BCUT2D eigenvalue weighted by Gasteiger charge is 2.59. The summed E-state index contributed by atoms with van der Waals surface area (Å²) in [5.41, 5.74) is 3.69. The number of H-pyrrole nitrogens is 1. The van der Waals surface area contributed by atoms with E-state index in [1.165, 1.54) is 30.2 Å². The Labute approximate surface area is 275 Å². The van der Waals surface area contributed by atoms with Gasteiger partial charge in [0.2, 0.25) is 17.7 Å². The van der Waals surface area contributed by atoms with E-state index in [0.717, 1.165) is 35.9 Å². The minimum Gasteiger partial charge on any atom is -0.459 e. The molecule has 2 N–H and O–H groups in total. The predicted octanol–water partition coefficient (Wildman–Crippen LogP) is 4.77. The molecule has 1 unspecified atom stereocenters. The lowest BCUT2D eigenvalue weighted by Gasteiger charge is -2.56.